The number of carbonyl (C=O) groups is 2. The molecule has 1 heterocycles. The normalized spacial score (nSPS) is 20.6. The molecule has 124 valence electrons. The molecule has 0 aliphatic carbocycles. The Hall–Kier alpha value is -2.14. The second-order valence-electron chi connectivity index (χ2n) is 5.70. The van der Waals surface area contributed by atoms with E-state index in [9.17, 15) is 9.59 Å². The van der Waals surface area contributed by atoms with Crippen LogP contribution in [0.5, 0.6) is 0 Å². The molecular formula is C19H18BrNO3. The second kappa shape index (κ2) is 6.40. The third-order valence-electron chi connectivity index (χ3n) is 4.40. The van der Waals surface area contributed by atoms with Crippen LogP contribution in [0.25, 0.3) is 0 Å². The average Bonchev–Trinajstić information content (AvgIpc) is 2.84. The van der Waals surface area contributed by atoms with Crippen LogP contribution in [0, 0.1) is 0 Å². The van der Waals surface area contributed by atoms with Gasteiger partial charge < -0.3 is 4.74 Å². The number of benzene rings is 2. The molecule has 0 bridgehead atoms. The molecule has 2 unspecified atom stereocenters. The highest BCUT2D eigenvalue weighted by Crippen LogP contribution is 2.53. The van der Waals surface area contributed by atoms with E-state index in [1.54, 1.807) is 13.0 Å². The number of halogens is 1. The summed E-state index contributed by atoms with van der Waals surface area (Å²) in [6, 6.07) is 17.1. The van der Waals surface area contributed by atoms with Crippen molar-refractivity contribution >= 4 is 33.6 Å². The maximum Gasteiger partial charge on any atom is 0.421 e. The Bertz CT molecular complexity index is 777. The number of alkyl halides is 1. The number of ether oxygens (including phenoxy) is 1. The molecule has 1 aliphatic heterocycles. The predicted octanol–water partition coefficient (Wildman–Crippen LogP) is 4.58. The summed E-state index contributed by atoms with van der Waals surface area (Å²) in [7, 11) is 0. The van der Waals surface area contributed by atoms with Crippen molar-refractivity contribution in [1.82, 2.24) is 0 Å². The Morgan fingerprint density at radius 3 is 2.46 bits per heavy atom. The summed E-state index contributed by atoms with van der Waals surface area (Å²) >= 11 is 3.67. The fourth-order valence-electron chi connectivity index (χ4n) is 3.12. The molecule has 24 heavy (non-hydrogen) atoms. The molecule has 0 radical (unpaired) electrons. The Balaban J connectivity index is 2.12. The van der Waals surface area contributed by atoms with E-state index >= 15 is 0 Å². The van der Waals surface area contributed by atoms with Gasteiger partial charge in [0.1, 0.15) is 4.32 Å². The number of hydrogen-bond donors (Lipinski definition) is 0. The van der Waals surface area contributed by atoms with Gasteiger partial charge in [-0.1, -0.05) is 71.4 Å². The van der Waals surface area contributed by atoms with Crippen LogP contribution < -0.4 is 4.90 Å². The van der Waals surface area contributed by atoms with Crippen molar-refractivity contribution in [2.24, 2.45) is 0 Å². The Kier molecular flexibility index (Phi) is 4.45. The molecule has 2 amide bonds. The topological polar surface area (TPSA) is 46.6 Å². The van der Waals surface area contributed by atoms with Crippen molar-refractivity contribution in [1.29, 1.82) is 0 Å². The summed E-state index contributed by atoms with van der Waals surface area (Å²) in [4.78, 5) is 26.7. The molecule has 1 aliphatic rings. The van der Waals surface area contributed by atoms with Gasteiger partial charge in [-0.2, -0.15) is 0 Å². The predicted molar refractivity (Wildman–Crippen MR) is 96.4 cm³/mol. The minimum absolute atomic E-state index is 0.160. The van der Waals surface area contributed by atoms with Gasteiger partial charge in [0.15, 0.2) is 0 Å². The third kappa shape index (κ3) is 2.44. The minimum atomic E-state index is -1.00. The number of amides is 2. The zero-order valence-corrected chi connectivity index (χ0v) is 15.1. The number of para-hydroxylation sites is 1. The largest absolute Gasteiger partial charge is 0.449 e. The van der Waals surface area contributed by atoms with Crippen molar-refractivity contribution in [3.05, 3.63) is 65.7 Å². The van der Waals surface area contributed by atoms with Crippen LogP contribution in [0.2, 0.25) is 0 Å². The van der Waals surface area contributed by atoms with E-state index in [4.69, 9.17) is 4.74 Å². The molecule has 5 heteroatoms. The lowest BCUT2D eigenvalue weighted by molar-refractivity contribution is -0.120. The zero-order valence-electron chi connectivity index (χ0n) is 13.5. The Morgan fingerprint density at radius 1 is 1.17 bits per heavy atom. The first-order valence-electron chi connectivity index (χ1n) is 7.86. The van der Waals surface area contributed by atoms with Crippen molar-refractivity contribution < 1.29 is 14.3 Å². The first kappa shape index (κ1) is 16.7. The van der Waals surface area contributed by atoms with E-state index in [1.807, 2.05) is 55.5 Å². The fraction of sp³-hybridized carbons (Fsp3) is 0.263. The van der Waals surface area contributed by atoms with Crippen LogP contribution in [-0.2, 0) is 13.9 Å². The van der Waals surface area contributed by atoms with Crippen LogP contribution in [0.3, 0.4) is 0 Å². The van der Waals surface area contributed by atoms with Gasteiger partial charge in [0.05, 0.1) is 12.3 Å². The first-order valence-corrected chi connectivity index (χ1v) is 8.65. The highest BCUT2D eigenvalue weighted by molar-refractivity contribution is 9.10. The standard InChI is InChI=1S/C19H18BrNO3/c1-3-24-18(23)21-16-12-8-7-11-15(16)19(20,17(21)22)13(2)14-9-5-4-6-10-14/h4-13H,3H2,1-2H3. The first-order chi connectivity index (χ1) is 11.5. The SMILES string of the molecule is CCOC(=O)N1C(=O)C(Br)(C(C)c2ccccc2)c2ccccc21. The van der Waals surface area contributed by atoms with Gasteiger partial charge in [-0.3, -0.25) is 4.79 Å². The number of hydrogen-bond acceptors (Lipinski definition) is 3. The molecule has 2 aromatic rings. The van der Waals surface area contributed by atoms with Gasteiger partial charge in [-0.25, -0.2) is 9.69 Å². The summed E-state index contributed by atoms with van der Waals surface area (Å²) in [5.41, 5.74) is 2.36. The van der Waals surface area contributed by atoms with Crippen molar-refractivity contribution in [3.63, 3.8) is 0 Å². The third-order valence-corrected chi connectivity index (χ3v) is 5.85. The van der Waals surface area contributed by atoms with Crippen LogP contribution in [0.15, 0.2) is 54.6 Å². The fourth-order valence-corrected chi connectivity index (χ4v) is 3.90. The number of nitrogens with zero attached hydrogens (tertiary/aromatic N) is 1. The molecule has 4 nitrogen and oxygen atoms in total. The highest BCUT2D eigenvalue weighted by atomic mass is 79.9. The van der Waals surface area contributed by atoms with Crippen LogP contribution >= 0.6 is 15.9 Å². The lowest BCUT2D eigenvalue weighted by Gasteiger charge is -2.29. The molecule has 0 saturated carbocycles. The molecule has 0 fully saturated rings. The zero-order chi connectivity index (χ0) is 17.3. The number of carbonyl (C=O) groups excluding carboxylic acids is 2. The quantitative estimate of drug-likeness (QED) is 0.723. The van der Waals surface area contributed by atoms with Gasteiger partial charge in [0, 0.05) is 11.5 Å². The maximum absolute atomic E-state index is 13.2. The van der Waals surface area contributed by atoms with Crippen LogP contribution in [-0.4, -0.2) is 18.6 Å². The molecule has 2 aromatic carbocycles. The number of anilines is 1. The molecule has 0 N–H and O–H groups in total. The number of rotatable bonds is 3. The molecule has 0 aromatic heterocycles. The van der Waals surface area contributed by atoms with E-state index in [1.165, 1.54) is 0 Å². The van der Waals surface area contributed by atoms with Gasteiger partial charge in [-0.05, 0) is 18.6 Å². The number of fused-ring (bicyclic) bond motifs is 1. The molecule has 2 atom stereocenters. The average molecular weight is 388 g/mol. The van der Waals surface area contributed by atoms with Crippen molar-refractivity contribution in [2.75, 3.05) is 11.5 Å². The highest BCUT2D eigenvalue weighted by Gasteiger charge is 2.55. The summed E-state index contributed by atoms with van der Waals surface area (Å²) in [5, 5.41) is 0. The van der Waals surface area contributed by atoms with E-state index < -0.39 is 10.4 Å². The van der Waals surface area contributed by atoms with Gasteiger partial charge in [-0.15, -0.1) is 0 Å². The van der Waals surface area contributed by atoms with E-state index in [-0.39, 0.29) is 18.4 Å². The molecule has 0 spiro atoms. The second-order valence-corrected chi connectivity index (χ2v) is 6.95. The molecular weight excluding hydrogens is 370 g/mol. The summed E-state index contributed by atoms with van der Waals surface area (Å²) in [6.07, 6.45) is -0.642. The number of imide groups is 1. The van der Waals surface area contributed by atoms with Crippen LogP contribution in [0.1, 0.15) is 30.9 Å². The van der Waals surface area contributed by atoms with E-state index in [0.717, 1.165) is 16.0 Å². The van der Waals surface area contributed by atoms with Gasteiger partial charge in [0.25, 0.3) is 5.91 Å². The monoisotopic (exact) mass is 387 g/mol. The van der Waals surface area contributed by atoms with Gasteiger partial charge >= 0.3 is 6.09 Å². The Morgan fingerprint density at radius 2 is 1.79 bits per heavy atom. The van der Waals surface area contributed by atoms with E-state index in [0.29, 0.717) is 5.69 Å². The lowest BCUT2D eigenvalue weighted by atomic mass is 9.83. The molecule has 3 rings (SSSR count). The summed E-state index contributed by atoms with van der Waals surface area (Å²) < 4.78 is 4.07. The van der Waals surface area contributed by atoms with E-state index in [2.05, 4.69) is 15.9 Å². The lowest BCUT2D eigenvalue weighted by Crippen LogP contribution is -2.42. The minimum Gasteiger partial charge on any atom is -0.449 e. The van der Waals surface area contributed by atoms with Gasteiger partial charge in [0.2, 0.25) is 0 Å². The summed E-state index contributed by atoms with van der Waals surface area (Å²) in [6.45, 7) is 3.92. The Labute approximate surface area is 149 Å². The molecule has 0 saturated heterocycles. The summed E-state index contributed by atoms with van der Waals surface area (Å²) in [5.74, 6) is -0.481. The van der Waals surface area contributed by atoms with Crippen LogP contribution in [0.4, 0.5) is 10.5 Å². The smallest absolute Gasteiger partial charge is 0.421 e. The van der Waals surface area contributed by atoms with Crippen molar-refractivity contribution in [2.45, 2.75) is 24.1 Å². The maximum atomic E-state index is 13.2. The van der Waals surface area contributed by atoms with Crippen molar-refractivity contribution in [3.8, 4) is 0 Å².